The summed E-state index contributed by atoms with van der Waals surface area (Å²) in [6.07, 6.45) is 3.20. The second-order valence-corrected chi connectivity index (χ2v) is 8.52. The fourth-order valence-electron chi connectivity index (χ4n) is 4.48. The third kappa shape index (κ3) is 5.56. The van der Waals surface area contributed by atoms with Crippen LogP contribution in [0.4, 0.5) is 4.39 Å². The predicted molar refractivity (Wildman–Crippen MR) is 127 cm³/mol. The maximum atomic E-state index is 14.2. The topological polar surface area (TPSA) is 40.5 Å². The fraction of sp³-hybridized carbons (Fsp3) is 0.423. The zero-order valence-corrected chi connectivity index (χ0v) is 18.9. The normalized spacial score (nSPS) is 15.3. The van der Waals surface area contributed by atoms with Gasteiger partial charge >= 0.3 is 0 Å². The Morgan fingerprint density at radius 2 is 1.69 bits per heavy atom. The summed E-state index contributed by atoms with van der Waals surface area (Å²) in [5.41, 5.74) is 2.86. The maximum Gasteiger partial charge on any atom is 0.220 e. The molecule has 170 valence electrons. The van der Waals surface area contributed by atoms with Crippen LogP contribution < -0.4 is 5.32 Å². The largest absolute Gasteiger partial charge is 0.355 e. The van der Waals surface area contributed by atoms with Gasteiger partial charge in [-0.25, -0.2) is 4.39 Å². The molecule has 0 spiro atoms. The zero-order valence-electron chi connectivity index (χ0n) is 18.9. The Kier molecular flexibility index (Phi) is 7.55. The van der Waals surface area contributed by atoms with Crippen molar-refractivity contribution < 1.29 is 9.18 Å². The molecule has 0 atom stereocenters. The molecule has 1 amide bonds. The summed E-state index contributed by atoms with van der Waals surface area (Å²) in [5, 5.41) is 4.21. The van der Waals surface area contributed by atoms with Crippen molar-refractivity contribution in [2.45, 2.75) is 26.3 Å². The van der Waals surface area contributed by atoms with E-state index in [1.807, 2.05) is 24.3 Å². The van der Waals surface area contributed by atoms with E-state index in [4.69, 9.17) is 0 Å². The second kappa shape index (κ2) is 10.7. The minimum absolute atomic E-state index is 0.0862. The third-order valence-corrected chi connectivity index (χ3v) is 6.45. The average molecular weight is 437 g/mol. The SMILES string of the molecule is CCN1CCN(CCNC(=O)CCc2cn(Cc3ccccc3F)c3ccccc23)CC1. The summed E-state index contributed by atoms with van der Waals surface area (Å²) in [7, 11) is 0. The highest BCUT2D eigenvalue weighted by molar-refractivity contribution is 5.85. The van der Waals surface area contributed by atoms with Crippen molar-refractivity contribution in [1.29, 1.82) is 0 Å². The number of nitrogens with zero attached hydrogens (tertiary/aromatic N) is 3. The summed E-state index contributed by atoms with van der Waals surface area (Å²) in [4.78, 5) is 17.3. The number of aryl methyl sites for hydroxylation is 1. The first kappa shape index (κ1) is 22.5. The number of benzene rings is 2. The van der Waals surface area contributed by atoms with Gasteiger partial charge in [0.2, 0.25) is 5.91 Å². The van der Waals surface area contributed by atoms with Gasteiger partial charge in [-0.05, 0) is 30.7 Å². The highest BCUT2D eigenvalue weighted by atomic mass is 19.1. The van der Waals surface area contributed by atoms with Crippen LogP contribution in [0.25, 0.3) is 10.9 Å². The van der Waals surface area contributed by atoms with Crippen LogP contribution in [0.5, 0.6) is 0 Å². The lowest BCUT2D eigenvalue weighted by Crippen LogP contribution is -2.48. The van der Waals surface area contributed by atoms with Gasteiger partial charge in [-0.2, -0.15) is 0 Å². The number of nitrogens with one attached hydrogen (secondary N) is 1. The number of hydrogen-bond acceptors (Lipinski definition) is 3. The van der Waals surface area contributed by atoms with E-state index in [1.54, 1.807) is 6.07 Å². The van der Waals surface area contributed by atoms with E-state index in [0.29, 0.717) is 31.5 Å². The van der Waals surface area contributed by atoms with Gasteiger partial charge in [0, 0.05) is 68.4 Å². The molecule has 1 N–H and O–H groups in total. The molecule has 32 heavy (non-hydrogen) atoms. The van der Waals surface area contributed by atoms with Gasteiger partial charge in [-0.15, -0.1) is 0 Å². The Labute approximate surface area is 189 Å². The molecule has 1 aliphatic rings. The molecule has 5 nitrogen and oxygen atoms in total. The quantitative estimate of drug-likeness (QED) is 0.558. The number of amides is 1. The minimum Gasteiger partial charge on any atom is -0.355 e. The smallest absolute Gasteiger partial charge is 0.220 e. The van der Waals surface area contributed by atoms with Gasteiger partial charge in [-0.1, -0.05) is 43.3 Å². The molecule has 2 heterocycles. The van der Waals surface area contributed by atoms with Crippen LogP contribution in [0.1, 0.15) is 24.5 Å². The van der Waals surface area contributed by atoms with E-state index in [-0.39, 0.29) is 11.7 Å². The van der Waals surface area contributed by atoms with Gasteiger partial charge in [-0.3, -0.25) is 9.69 Å². The van der Waals surface area contributed by atoms with Crippen LogP contribution in [0.2, 0.25) is 0 Å². The molecular formula is C26H33FN4O. The molecule has 0 bridgehead atoms. The van der Waals surface area contributed by atoms with Crippen molar-refractivity contribution in [2.24, 2.45) is 0 Å². The van der Waals surface area contributed by atoms with Gasteiger partial charge in [0.1, 0.15) is 5.82 Å². The number of piperazine rings is 1. The van der Waals surface area contributed by atoms with Crippen molar-refractivity contribution in [3.05, 3.63) is 71.7 Å². The van der Waals surface area contributed by atoms with Gasteiger partial charge in [0.25, 0.3) is 0 Å². The predicted octanol–water partition coefficient (Wildman–Crippen LogP) is 3.52. The number of rotatable bonds is 9. The lowest BCUT2D eigenvalue weighted by molar-refractivity contribution is -0.121. The molecule has 0 aliphatic carbocycles. The number of likely N-dealkylation sites (N-methyl/N-ethyl adjacent to an activating group) is 1. The first-order valence-electron chi connectivity index (χ1n) is 11.7. The van der Waals surface area contributed by atoms with E-state index >= 15 is 0 Å². The summed E-state index contributed by atoms with van der Waals surface area (Å²) in [6, 6.07) is 15.0. The number of para-hydroxylation sites is 1. The van der Waals surface area contributed by atoms with Crippen LogP contribution in [0.3, 0.4) is 0 Å². The molecule has 1 fully saturated rings. The van der Waals surface area contributed by atoms with Gasteiger partial charge in [0.05, 0.1) is 6.54 Å². The Hall–Kier alpha value is -2.70. The van der Waals surface area contributed by atoms with Gasteiger partial charge in [0.15, 0.2) is 0 Å². The number of halogens is 1. The number of aromatic nitrogens is 1. The molecule has 0 unspecified atom stereocenters. The van der Waals surface area contributed by atoms with Crippen LogP contribution in [-0.2, 0) is 17.8 Å². The van der Waals surface area contributed by atoms with Crippen LogP contribution in [-0.4, -0.2) is 66.1 Å². The molecule has 1 aromatic heterocycles. The maximum absolute atomic E-state index is 14.2. The van der Waals surface area contributed by atoms with Crippen LogP contribution in [0.15, 0.2) is 54.7 Å². The highest BCUT2D eigenvalue weighted by Crippen LogP contribution is 2.24. The summed E-state index contributed by atoms with van der Waals surface area (Å²) in [6.45, 7) is 9.77. The summed E-state index contributed by atoms with van der Waals surface area (Å²) in [5.74, 6) is -0.106. The zero-order chi connectivity index (χ0) is 22.3. The van der Waals surface area contributed by atoms with E-state index in [1.165, 1.54) is 6.07 Å². The van der Waals surface area contributed by atoms with E-state index in [0.717, 1.165) is 55.7 Å². The fourth-order valence-corrected chi connectivity index (χ4v) is 4.48. The third-order valence-electron chi connectivity index (χ3n) is 6.45. The first-order chi connectivity index (χ1) is 15.6. The molecule has 4 rings (SSSR count). The molecule has 6 heteroatoms. The lowest BCUT2D eigenvalue weighted by atomic mass is 10.1. The van der Waals surface area contributed by atoms with Crippen LogP contribution in [0, 0.1) is 5.82 Å². The van der Waals surface area contributed by atoms with Crippen molar-refractivity contribution in [3.63, 3.8) is 0 Å². The molecule has 3 aromatic rings. The van der Waals surface area contributed by atoms with Crippen molar-refractivity contribution in [3.8, 4) is 0 Å². The average Bonchev–Trinajstić information content (AvgIpc) is 3.17. The minimum atomic E-state index is -0.192. The molecule has 2 aromatic carbocycles. The summed E-state index contributed by atoms with van der Waals surface area (Å²) >= 11 is 0. The van der Waals surface area contributed by atoms with Crippen molar-refractivity contribution in [2.75, 3.05) is 45.8 Å². The monoisotopic (exact) mass is 436 g/mol. The number of carbonyl (C=O) groups excluding carboxylic acids is 1. The Balaban J connectivity index is 1.31. The number of fused-ring (bicyclic) bond motifs is 1. The van der Waals surface area contributed by atoms with E-state index < -0.39 is 0 Å². The molecular weight excluding hydrogens is 403 g/mol. The van der Waals surface area contributed by atoms with Crippen LogP contribution >= 0.6 is 0 Å². The van der Waals surface area contributed by atoms with Crippen molar-refractivity contribution >= 4 is 16.8 Å². The van der Waals surface area contributed by atoms with Crippen molar-refractivity contribution in [1.82, 2.24) is 19.7 Å². The second-order valence-electron chi connectivity index (χ2n) is 8.52. The standard InChI is InChI=1S/C26H33FN4O/c1-2-29-15-17-30(18-16-29)14-13-28-26(32)12-11-21-19-31(25-10-6-4-8-23(21)25)20-22-7-3-5-9-24(22)27/h3-10,19H,2,11-18,20H2,1H3,(H,28,32). The molecule has 1 saturated heterocycles. The molecule has 0 saturated carbocycles. The summed E-state index contributed by atoms with van der Waals surface area (Å²) < 4.78 is 16.2. The Bertz CT molecular complexity index is 1040. The highest BCUT2D eigenvalue weighted by Gasteiger charge is 2.15. The Morgan fingerprint density at radius 3 is 2.47 bits per heavy atom. The first-order valence-corrected chi connectivity index (χ1v) is 11.7. The number of hydrogen-bond donors (Lipinski definition) is 1. The molecule has 0 radical (unpaired) electrons. The van der Waals surface area contributed by atoms with Gasteiger partial charge < -0.3 is 14.8 Å². The number of carbonyl (C=O) groups is 1. The van der Waals surface area contributed by atoms with E-state index in [2.05, 4.69) is 44.9 Å². The lowest BCUT2D eigenvalue weighted by Gasteiger charge is -2.33. The van der Waals surface area contributed by atoms with E-state index in [9.17, 15) is 9.18 Å². The Morgan fingerprint density at radius 1 is 0.969 bits per heavy atom. The molecule has 1 aliphatic heterocycles.